The second-order valence-electron chi connectivity index (χ2n) is 5.37. The Morgan fingerprint density at radius 3 is 2.63 bits per heavy atom. The monoisotopic (exact) mass is 279 g/mol. The zero-order chi connectivity index (χ0) is 14.0. The SMILES string of the molecule is C[C@H]1CN(C(=O)[C@H]2CCCN2)CCN1CC(F)(F)F. The summed E-state index contributed by atoms with van der Waals surface area (Å²) < 4.78 is 37.1. The molecular weight excluding hydrogens is 259 g/mol. The van der Waals surface area contributed by atoms with Gasteiger partial charge in [0.25, 0.3) is 0 Å². The van der Waals surface area contributed by atoms with Crippen LogP contribution in [0.25, 0.3) is 0 Å². The van der Waals surface area contributed by atoms with Crippen LogP contribution < -0.4 is 5.32 Å². The number of amides is 1. The maximum absolute atomic E-state index is 12.4. The number of carbonyl (C=O) groups is 1. The third-order valence-electron chi connectivity index (χ3n) is 3.82. The van der Waals surface area contributed by atoms with Gasteiger partial charge in [-0.15, -0.1) is 0 Å². The van der Waals surface area contributed by atoms with Crippen molar-refractivity contribution in [1.82, 2.24) is 15.1 Å². The molecule has 0 saturated carbocycles. The summed E-state index contributed by atoms with van der Waals surface area (Å²) in [6.07, 6.45) is -2.36. The van der Waals surface area contributed by atoms with Gasteiger partial charge in [0.2, 0.25) is 5.91 Å². The van der Waals surface area contributed by atoms with Crippen molar-refractivity contribution in [1.29, 1.82) is 0 Å². The summed E-state index contributed by atoms with van der Waals surface area (Å²) in [6.45, 7) is 2.76. The average molecular weight is 279 g/mol. The summed E-state index contributed by atoms with van der Waals surface area (Å²) in [6, 6.07) is -0.387. The van der Waals surface area contributed by atoms with Crippen molar-refractivity contribution in [2.75, 3.05) is 32.7 Å². The van der Waals surface area contributed by atoms with Crippen LogP contribution in [0.15, 0.2) is 0 Å². The molecule has 0 aromatic rings. The summed E-state index contributed by atoms with van der Waals surface area (Å²) in [5.74, 6) is 0.0380. The average Bonchev–Trinajstić information content (AvgIpc) is 2.82. The smallest absolute Gasteiger partial charge is 0.339 e. The number of rotatable bonds is 2. The van der Waals surface area contributed by atoms with E-state index in [1.54, 1.807) is 11.8 Å². The van der Waals surface area contributed by atoms with Crippen molar-refractivity contribution in [3.63, 3.8) is 0 Å². The van der Waals surface area contributed by atoms with Crippen LogP contribution in [0.5, 0.6) is 0 Å². The Hall–Kier alpha value is -0.820. The van der Waals surface area contributed by atoms with Crippen molar-refractivity contribution in [2.24, 2.45) is 0 Å². The number of carbonyl (C=O) groups excluding carboxylic acids is 1. The van der Waals surface area contributed by atoms with Crippen LogP contribution in [-0.2, 0) is 4.79 Å². The molecule has 1 amide bonds. The Bertz CT molecular complexity index is 329. The summed E-state index contributed by atoms with van der Waals surface area (Å²) in [7, 11) is 0. The molecule has 0 radical (unpaired) electrons. The lowest BCUT2D eigenvalue weighted by molar-refractivity contribution is -0.158. The van der Waals surface area contributed by atoms with Gasteiger partial charge in [-0.05, 0) is 26.3 Å². The molecule has 2 heterocycles. The lowest BCUT2D eigenvalue weighted by Gasteiger charge is -2.40. The predicted octanol–water partition coefficient (Wildman–Crippen LogP) is 0.833. The number of alkyl halides is 3. The maximum atomic E-state index is 12.4. The minimum absolute atomic E-state index is 0.0380. The van der Waals surface area contributed by atoms with E-state index in [1.807, 2.05) is 0 Å². The highest BCUT2D eigenvalue weighted by atomic mass is 19.4. The minimum Gasteiger partial charge on any atom is -0.339 e. The number of hydrogen-bond acceptors (Lipinski definition) is 3. The van der Waals surface area contributed by atoms with Gasteiger partial charge in [0.1, 0.15) is 0 Å². The normalized spacial score (nSPS) is 29.8. The zero-order valence-electron chi connectivity index (χ0n) is 11.0. The molecule has 110 valence electrons. The van der Waals surface area contributed by atoms with E-state index < -0.39 is 12.7 Å². The highest BCUT2D eigenvalue weighted by molar-refractivity contribution is 5.82. The number of halogens is 3. The third kappa shape index (κ3) is 3.82. The Labute approximate surface area is 110 Å². The molecule has 2 aliphatic heterocycles. The molecule has 2 atom stereocenters. The van der Waals surface area contributed by atoms with E-state index in [-0.39, 0.29) is 18.0 Å². The van der Waals surface area contributed by atoms with Crippen LogP contribution in [0.3, 0.4) is 0 Å². The van der Waals surface area contributed by atoms with Gasteiger partial charge in [0, 0.05) is 25.7 Å². The number of piperazine rings is 1. The number of nitrogens with zero attached hydrogens (tertiary/aromatic N) is 2. The molecule has 0 unspecified atom stereocenters. The molecule has 4 nitrogen and oxygen atoms in total. The molecule has 1 N–H and O–H groups in total. The molecule has 0 aromatic heterocycles. The lowest BCUT2D eigenvalue weighted by Crippen LogP contribution is -2.58. The Morgan fingerprint density at radius 2 is 2.11 bits per heavy atom. The van der Waals surface area contributed by atoms with E-state index in [0.29, 0.717) is 19.6 Å². The summed E-state index contributed by atoms with van der Waals surface area (Å²) in [5, 5.41) is 3.13. The van der Waals surface area contributed by atoms with Crippen molar-refractivity contribution >= 4 is 5.91 Å². The van der Waals surface area contributed by atoms with E-state index >= 15 is 0 Å². The lowest BCUT2D eigenvalue weighted by atomic mass is 10.1. The first-order chi connectivity index (χ1) is 8.87. The quantitative estimate of drug-likeness (QED) is 0.813. The highest BCUT2D eigenvalue weighted by Crippen LogP contribution is 2.21. The van der Waals surface area contributed by atoms with Gasteiger partial charge in [-0.3, -0.25) is 9.69 Å². The van der Waals surface area contributed by atoms with Crippen LogP contribution in [0, 0.1) is 0 Å². The Morgan fingerprint density at radius 1 is 1.37 bits per heavy atom. The fourth-order valence-electron chi connectivity index (χ4n) is 2.78. The van der Waals surface area contributed by atoms with Crippen LogP contribution in [-0.4, -0.2) is 66.7 Å². The summed E-state index contributed by atoms with van der Waals surface area (Å²) >= 11 is 0. The van der Waals surface area contributed by atoms with Crippen LogP contribution in [0.1, 0.15) is 19.8 Å². The summed E-state index contributed by atoms with van der Waals surface area (Å²) in [4.78, 5) is 15.3. The van der Waals surface area contributed by atoms with Crippen molar-refractivity contribution in [3.05, 3.63) is 0 Å². The first-order valence-electron chi connectivity index (χ1n) is 6.70. The third-order valence-corrected chi connectivity index (χ3v) is 3.82. The second-order valence-corrected chi connectivity index (χ2v) is 5.37. The molecule has 19 heavy (non-hydrogen) atoms. The highest BCUT2D eigenvalue weighted by Gasteiger charge is 2.37. The van der Waals surface area contributed by atoms with Crippen molar-refractivity contribution in [2.45, 2.75) is 38.0 Å². The van der Waals surface area contributed by atoms with E-state index in [0.717, 1.165) is 19.4 Å². The van der Waals surface area contributed by atoms with Crippen LogP contribution >= 0.6 is 0 Å². The molecule has 2 saturated heterocycles. The van der Waals surface area contributed by atoms with Crippen molar-refractivity contribution in [3.8, 4) is 0 Å². The molecule has 2 rings (SSSR count). The molecule has 0 aliphatic carbocycles. The number of hydrogen-bond donors (Lipinski definition) is 1. The van der Waals surface area contributed by atoms with E-state index in [2.05, 4.69) is 5.32 Å². The topological polar surface area (TPSA) is 35.6 Å². The summed E-state index contributed by atoms with van der Waals surface area (Å²) in [5.41, 5.74) is 0. The molecular formula is C12H20F3N3O. The van der Waals surface area contributed by atoms with Gasteiger partial charge in [0.15, 0.2) is 0 Å². The molecule has 0 aromatic carbocycles. The largest absolute Gasteiger partial charge is 0.401 e. The van der Waals surface area contributed by atoms with Gasteiger partial charge in [-0.25, -0.2) is 0 Å². The fourth-order valence-corrected chi connectivity index (χ4v) is 2.78. The molecule has 2 fully saturated rings. The zero-order valence-corrected chi connectivity index (χ0v) is 11.0. The van der Waals surface area contributed by atoms with Gasteiger partial charge in [-0.2, -0.15) is 13.2 Å². The standard InChI is InChI=1S/C12H20F3N3O/c1-9-7-17(11(19)10-3-2-4-16-10)5-6-18(9)8-12(13,14)15/h9-10,16H,2-8H2,1H3/t9-,10+/m0/s1. The molecule has 2 aliphatic rings. The Kier molecular flexibility index (Phi) is 4.35. The fraction of sp³-hybridized carbons (Fsp3) is 0.917. The first-order valence-corrected chi connectivity index (χ1v) is 6.70. The molecule has 0 bridgehead atoms. The number of nitrogens with one attached hydrogen (secondary N) is 1. The van der Waals surface area contributed by atoms with Crippen LogP contribution in [0.4, 0.5) is 13.2 Å². The van der Waals surface area contributed by atoms with Crippen molar-refractivity contribution < 1.29 is 18.0 Å². The second kappa shape index (κ2) is 5.66. The van der Waals surface area contributed by atoms with Gasteiger partial charge < -0.3 is 10.2 Å². The van der Waals surface area contributed by atoms with E-state index in [9.17, 15) is 18.0 Å². The molecule has 7 heteroatoms. The van der Waals surface area contributed by atoms with Gasteiger partial charge >= 0.3 is 6.18 Å². The minimum atomic E-state index is -4.17. The molecule has 0 spiro atoms. The maximum Gasteiger partial charge on any atom is 0.401 e. The van der Waals surface area contributed by atoms with E-state index in [4.69, 9.17) is 0 Å². The predicted molar refractivity (Wildman–Crippen MR) is 64.7 cm³/mol. The Balaban J connectivity index is 1.87. The van der Waals surface area contributed by atoms with E-state index in [1.165, 1.54) is 4.90 Å². The van der Waals surface area contributed by atoms with Crippen LogP contribution in [0.2, 0.25) is 0 Å². The van der Waals surface area contributed by atoms with Gasteiger partial charge in [0.05, 0.1) is 12.6 Å². The first kappa shape index (κ1) is 14.6. The van der Waals surface area contributed by atoms with Gasteiger partial charge in [-0.1, -0.05) is 0 Å².